The Labute approximate surface area is 108 Å². The van der Waals surface area contributed by atoms with Crippen molar-refractivity contribution in [3.05, 3.63) is 29.8 Å². The van der Waals surface area contributed by atoms with Gasteiger partial charge in [0, 0.05) is 18.7 Å². The van der Waals surface area contributed by atoms with Gasteiger partial charge in [-0.15, -0.1) is 12.4 Å². The standard InChI is InChI=1S/C13H18N2O.ClH/c1-14-9-11-3-2-4-12(7-11)15-13(16)8-10-5-6-10;/h2-4,7,10,14H,5-6,8-9H2,1H3,(H,15,16);1H. The van der Waals surface area contributed by atoms with Crippen LogP contribution in [0.4, 0.5) is 5.69 Å². The lowest BCUT2D eigenvalue weighted by Crippen LogP contribution is -2.12. The summed E-state index contributed by atoms with van der Waals surface area (Å²) in [7, 11) is 1.92. The van der Waals surface area contributed by atoms with Gasteiger partial charge in [0.05, 0.1) is 0 Å². The number of amides is 1. The third kappa shape index (κ3) is 4.75. The minimum absolute atomic E-state index is 0. The van der Waals surface area contributed by atoms with Crippen molar-refractivity contribution in [3.8, 4) is 0 Å². The smallest absolute Gasteiger partial charge is 0.224 e. The van der Waals surface area contributed by atoms with Crippen molar-refractivity contribution < 1.29 is 4.79 Å². The van der Waals surface area contributed by atoms with Crippen LogP contribution >= 0.6 is 12.4 Å². The molecule has 0 atom stereocenters. The van der Waals surface area contributed by atoms with Gasteiger partial charge in [0.1, 0.15) is 0 Å². The van der Waals surface area contributed by atoms with Crippen molar-refractivity contribution in [2.45, 2.75) is 25.8 Å². The second kappa shape index (κ2) is 6.62. The van der Waals surface area contributed by atoms with E-state index >= 15 is 0 Å². The first-order valence-corrected chi connectivity index (χ1v) is 5.81. The molecule has 3 nitrogen and oxygen atoms in total. The molecule has 1 amide bonds. The molecule has 1 saturated carbocycles. The summed E-state index contributed by atoms with van der Waals surface area (Å²) in [4.78, 5) is 11.6. The number of hydrogen-bond acceptors (Lipinski definition) is 2. The van der Waals surface area contributed by atoms with Crippen LogP contribution in [0.5, 0.6) is 0 Å². The number of hydrogen-bond donors (Lipinski definition) is 2. The summed E-state index contributed by atoms with van der Waals surface area (Å²) in [6.45, 7) is 0.826. The molecule has 1 aliphatic rings. The fourth-order valence-corrected chi connectivity index (χ4v) is 1.76. The number of nitrogens with one attached hydrogen (secondary N) is 2. The zero-order valence-electron chi connectivity index (χ0n) is 10.0. The molecule has 1 aromatic carbocycles. The van der Waals surface area contributed by atoms with Gasteiger partial charge in [-0.3, -0.25) is 4.79 Å². The van der Waals surface area contributed by atoms with Crippen LogP contribution in [0.2, 0.25) is 0 Å². The molecular weight excluding hydrogens is 236 g/mol. The Bertz CT molecular complexity index is 377. The Morgan fingerprint density at radius 1 is 1.41 bits per heavy atom. The van der Waals surface area contributed by atoms with Crippen LogP contribution in [-0.2, 0) is 11.3 Å². The van der Waals surface area contributed by atoms with Crippen LogP contribution in [-0.4, -0.2) is 13.0 Å². The van der Waals surface area contributed by atoms with Gasteiger partial charge < -0.3 is 10.6 Å². The zero-order chi connectivity index (χ0) is 11.4. The van der Waals surface area contributed by atoms with E-state index in [2.05, 4.69) is 10.6 Å². The Kier molecular flexibility index (Phi) is 5.45. The van der Waals surface area contributed by atoms with Gasteiger partial charge in [-0.25, -0.2) is 0 Å². The van der Waals surface area contributed by atoms with Crippen molar-refractivity contribution in [2.75, 3.05) is 12.4 Å². The summed E-state index contributed by atoms with van der Waals surface area (Å²) in [5, 5.41) is 6.04. The van der Waals surface area contributed by atoms with Crippen LogP contribution in [0.3, 0.4) is 0 Å². The van der Waals surface area contributed by atoms with Gasteiger partial charge in [-0.2, -0.15) is 0 Å². The van der Waals surface area contributed by atoms with E-state index in [1.165, 1.54) is 18.4 Å². The van der Waals surface area contributed by atoms with E-state index in [1.807, 2.05) is 31.3 Å². The summed E-state index contributed by atoms with van der Waals surface area (Å²) in [6, 6.07) is 7.97. The zero-order valence-corrected chi connectivity index (χ0v) is 10.8. The largest absolute Gasteiger partial charge is 0.326 e. The second-order valence-corrected chi connectivity index (χ2v) is 4.43. The average molecular weight is 255 g/mol. The first-order chi connectivity index (χ1) is 7.78. The van der Waals surface area contributed by atoms with E-state index in [0.717, 1.165) is 12.2 Å². The molecule has 4 heteroatoms. The molecular formula is C13H19ClN2O. The molecule has 1 fully saturated rings. The predicted molar refractivity (Wildman–Crippen MR) is 72.4 cm³/mol. The Balaban J connectivity index is 0.00000144. The highest BCUT2D eigenvalue weighted by Gasteiger charge is 2.24. The number of benzene rings is 1. The molecule has 0 unspecified atom stereocenters. The summed E-state index contributed by atoms with van der Waals surface area (Å²) < 4.78 is 0. The van der Waals surface area contributed by atoms with E-state index in [9.17, 15) is 4.79 Å². The number of carbonyl (C=O) groups is 1. The maximum atomic E-state index is 11.6. The lowest BCUT2D eigenvalue weighted by molar-refractivity contribution is -0.116. The van der Waals surface area contributed by atoms with E-state index in [4.69, 9.17) is 0 Å². The Hall–Kier alpha value is -1.06. The highest BCUT2D eigenvalue weighted by atomic mass is 35.5. The second-order valence-electron chi connectivity index (χ2n) is 4.43. The van der Waals surface area contributed by atoms with Crippen molar-refractivity contribution in [1.29, 1.82) is 0 Å². The summed E-state index contributed by atoms with van der Waals surface area (Å²) in [5.74, 6) is 0.782. The minimum atomic E-state index is 0. The SMILES string of the molecule is CNCc1cccc(NC(=O)CC2CC2)c1.Cl. The van der Waals surface area contributed by atoms with Gasteiger partial charge >= 0.3 is 0 Å². The summed E-state index contributed by atoms with van der Waals surface area (Å²) in [5.41, 5.74) is 2.09. The lowest BCUT2D eigenvalue weighted by atomic mass is 10.2. The summed E-state index contributed by atoms with van der Waals surface area (Å²) >= 11 is 0. The Morgan fingerprint density at radius 2 is 2.18 bits per heavy atom. The molecule has 1 aromatic rings. The van der Waals surface area contributed by atoms with E-state index < -0.39 is 0 Å². The van der Waals surface area contributed by atoms with Gasteiger partial charge in [-0.05, 0) is 43.5 Å². The van der Waals surface area contributed by atoms with Crippen LogP contribution in [0.1, 0.15) is 24.8 Å². The van der Waals surface area contributed by atoms with Crippen molar-refractivity contribution in [3.63, 3.8) is 0 Å². The first-order valence-electron chi connectivity index (χ1n) is 5.81. The van der Waals surface area contributed by atoms with E-state index in [0.29, 0.717) is 12.3 Å². The van der Waals surface area contributed by atoms with Crippen molar-refractivity contribution in [1.82, 2.24) is 5.32 Å². The van der Waals surface area contributed by atoms with Gasteiger partial charge in [-0.1, -0.05) is 12.1 Å². The monoisotopic (exact) mass is 254 g/mol. The minimum Gasteiger partial charge on any atom is -0.326 e. The molecule has 0 aromatic heterocycles. The third-order valence-electron chi connectivity index (χ3n) is 2.76. The maximum absolute atomic E-state index is 11.6. The fourth-order valence-electron chi connectivity index (χ4n) is 1.76. The van der Waals surface area contributed by atoms with Gasteiger partial charge in [0.2, 0.25) is 5.91 Å². The summed E-state index contributed by atoms with van der Waals surface area (Å²) in [6.07, 6.45) is 3.11. The molecule has 17 heavy (non-hydrogen) atoms. The lowest BCUT2D eigenvalue weighted by Gasteiger charge is -2.06. The number of rotatable bonds is 5. The van der Waals surface area contributed by atoms with Crippen molar-refractivity contribution in [2.24, 2.45) is 5.92 Å². The fraction of sp³-hybridized carbons (Fsp3) is 0.462. The predicted octanol–water partition coefficient (Wildman–Crippen LogP) is 2.57. The highest BCUT2D eigenvalue weighted by molar-refractivity contribution is 5.91. The first kappa shape index (κ1) is 14.0. The Morgan fingerprint density at radius 3 is 2.82 bits per heavy atom. The molecule has 2 rings (SSSR count). The molecule has 0 bridgehead atoms. The average Bonchev–Trinajstić information content (AvgIpc) is 3.02. The van der Waals surface area contributed by atoms with E-state index in [-0.39, 0.29) is 18.3 Å². The highest BCUT2D eigenvalue weighted by Crippen LogP contribution is 2.32. The topological polar surface area (TPSA) is 41.1 Å². The van der Waals surface area contributed by atoms with Gasteiger partial charge in [0.15, 0.2) is 0 Å². The molecule has 0 saturated heterocycles. The van der Waals surface area contributed by atoms with Crippen molar-refractivity contribution >= 4 is 24.0 Å². The van der Waals surface area contributed by atoms with Crippen LogP contribution in [0.15, 0.2) is 24.3 Å². The molecule has 0 radical (unpaired) electrons. The quantitative estimate of drug-likeness (QED) is 0.848. The number of anilines is 1. The normalized spacial score (nSPS) is 13.9. The molecule has 1 aliphatic carbocycles. The van der Waals surface area contributed by atoms with Gasteiger partial charge in [0.25, 0.3) is 0 Å². The molecule has 0 spiro atoms. The third-order valence-corrected chi connectivity index (χ3v) is 2.76. The number of carbonyl (C=O) groups excluding carboxylic acids is 1. The van der Waals surface area contributed by atoms with Crippen LogP contribution < -0.4 is 10.6 Å². The molecule has 2 N–H and O–H groups in total. The maximum Gasteiger partial charge on any atom is 0.224 e. The van der Waals surface area contributed by atoms with Crippen LogP contribution in [0, 0.1) is 5.92 Å². The molecule has 0 aliphatic heterocycles. The molecule has 0 heterocycles. The van der Waals surface area contributed by atoms with E-state index in [1.54, 1.807) is 0 Å². The molecule has 94 valence electrons. The number of halogens is 1. The van der Waals surface area contributed by atoms with Crippen LogP contribution in [0.25, 0.3) is 0 Å².